The Morgan fingerprint density at radius 3 is 2.50 bits per heavy atom. The number of fused-ring (bicyclic) bond motifs is 1. The van der Waals surface area contributed by atoms with Crippen molar-refractivity contribution in [2.45, 2.75) is 38.6 Å². The molecule has 2 aromatic heterocycles. The van der Waals surface area contributed by atoms with Gasteiger partial charge in [0.15, 0.2) is 5.65 Å². The maximum atomic E-state index is 6.19. The molecule has 0 aliphatic carbocycles. The normalized spacial score (nSPS) is 13.3. The zero-order chi connectivity index (χ0) is 12.0. The molecule has 0 aliphatic heterocycles. The van der Waals surface area contributed by atoms with Crippen LogP contribution in [0, 0.1) is 0 Å². The van der Waals surface area contributed by atoms with Crippen LogP contribution in [0.25, 0.3) is 5.65 Å². The molecule has 0 aromatic carbocycles. The van der Waals surface area contributed by atoms with Gasteiger partial charge in [-0.2, -0.15) is 0 Å². The number of aromatic nitrogens is 4. The van der Waals surface area contributed by atoms with E-state index in [0.717, 1.165) is 11.5 Å². The zero-order valence-corrected chi connectivity index (χ0v) is 10.1. The second kappa shape index (κ2) is 3.25. The van der Waals surface area contributed by atoms with E-state index in [2.05, 4.69) is 29.0 Å². The van der Waals surface area contributed by atoms with Gasteiger partial charge >= 0.3 is 0 Å². The topological polar surface area (TPSA) is 69.1 Å². The maximum Gasteiger partial charge on any atom is 0.163 e. The van der Waals surface area contributed by atoms with Gasteiger partial charge in [0, 0.05) is 23.2 Å². The highest BCUT2D eigenvalue weighted by Crippen LogP contribution is 2.31. The molecule has 2 rings (SSSR count). The maximum absolute atomic E-state index is 6.19. The van der Waals surface area contributed by atoms with Crippen molar-refractivity contribution in [1.82, 2.24) is 19.6 Å². The van der Waals surface area contributed by atoms with Crippen molar-refractivity contribution in [2.24, 2.45) is 5.73 Å². The summed E-state index contributed by atoms with van der Waals surface area (Å²) in [6.45, 7) is 8.11. The fourth-order valence-corrected chi connectivity index (χ4v) is 1.46. The van der Waals surface area contributed by atoms with Crippen LogP contribution in [-0.4, -0.2) is 25.1 Å². The Bertz CT molecular complexity index is 506. The molecule has 0 atom stereocenters. The van der Waals surface area contributed by atoms with E-state index >= 15 is 0 Å². The average molecular weight is 219 g/mol. The van der Waals surface area contributed by atoms with Crippen LogP contribution in [0.5, 0.6) is 0 Å². The van der Waals surface area contributed by atoms with Gasteiger partial charge in [0.05, 0.1) is 0 Å². The summed E-state index contributed by atoms with van der Waals surface area (Å²) in [5.74, 6) is 0.836. The molecule has 5 heteroatoms. The highest BCUT2D eigenvalue weighted by Gasteiger charge is 2.39. The molecule has 0 radical (unpaired) electrons. The molecule has 0 spiro atoms. The minimum atomic E-state index is -0.383. The Morgan fingerprint density at radius 1 is 1.19 bits per heavy atom. The highest BCUT2D eigenvalue weighted by atomic mass is 15.3. The highest BCUT2D eigenvalue weighted by molar-refractivity contribution is 5.37. The van der Waals surface area contributed by atoms with Gasteiger partial charge in [-0.15, -0.1) is 10.2 Å². The van der Waals surface area contributed by atoms with Crippen molar-refractivity contribution in [3.05, 3.63) is 24.4 Å². The lowest BCUT2D eigenvalue weighted by Crippen LogP contribution is -2.51. The van der Waals surface area contributed by atoms with Crippen molar-refractivity contribution in [3.8, 4) is 0 Å². The molecular weight excluding hydrogens is 202 g/mol. The standard InChI is InChI=1S/C11H17N5/c1-10(2,11(3,4)12)9-15-14-8-5-6-13-7-16(8)9/h5-7H,12H2,1-4H3. The molecule has 16 heavy (non-hydrogen) atoms. The van der Waals surface area contributed by atoms with E-state index in [0.29, 0.717) is 0 Å². The van der Waals surface area contributed by atoms with E-state index in [1.165, 1.54) is 0 Å². The molecule has 0 saturated heterocycles. The lowest BCUT2D eigenvalue weighted by molar-refractivity contribution is 0.288. The lowest BCUT2D eigenvalue weighted by Gasteiger charge is -2.36. The van der Waals surface area contributed by atoms with Crippen molar-refractivity contribution in [1.29, 1.82) is 0 Å². The quantitative estimate of drug-likeness (QED) is 0.822. The summed E-state index contributed by atoms with van der Waals surface area (Å²) < 4.78 is 1.88. The van der Waals surface area contributed by atoms with Crippen LogP contribution in [0.2, 0.25) is 0 Å². The van der Waals surface area contributed by atoms with Crippen molar-refractivity contribution in [3.63, 3.8) is 0 Å². The minimum absolute atomic E-state index is 0.282. The summed E-state index contributed by atoms with van der Waals surface area (Å²) in [5.41, 5.74) is 6.32. The molecular formula is C11H17N5. The Labute approximate surface area is 94.7 Å². The fourth-order valence-electron chi connectivity index (χ4n) is 1.46. The van der Waals surface area contributed by atoms with E-state index in [1.807, 2.05) is 24.3 Å². The molecule has 0 fully saturated rings. The van der Waals surface area contributed by atoms with E-state index in [-0.39, 0.29) is 11.0 Å². The lowest BCUT2D eigenvalue weighted by atomic mass is 9.74. The summed E-state index contributed by atoms with van der Waals surface area (Å²) in [7, 11) is 0. The molecule has 2 N–H and O–H groups in total. The second-order valence-corrected chi connectivity index (χ2v) is 5.18. The Balaban J connectivity index is 2.64. The first-order chi connectivity index (χ1) is 7.34. The minimum Gasteiger partial charge on any atom is -0.325 e. The Kier molecular flexibility index (Phi) is 2.24. The third-order valence-electron chi connectivity index (χ3n) is 3.38. The van der Waals surface area contributed by atoms with E-state index in [4.69, 9.17) is 5.73 Å². The number of nitrogens with zero attached hydrogens (tertiary/aromatic N) is 4. The van der Waals surface area contributed by atoms with Crippen LogP contribution in [0.15, 0.2) is 18.6 Å². The molecule has 2 heterocycles. The van der Waals surface area contributed by atoms with E-state index in [9.17, 15) is 0 Å². The number of hydrogen-bond donors (Lipinski definition) is 1. The Hall–Kier alpha value is -1.49. The number of nitrogens with two attached hydrogens (primary N) is 1. The van der Waals surface area contributed by atoms with Crippen LogP contribution in [0.3, 0.4) is 0 Å². The molecule has 0 aliphatic rings. The van der Waals surface area contributed by atoms with Crippen molar-refractivity contribution < 1.29 is 0 Å². The Morgan fingerprint density at radius 2 is 1.88 bits per heavy atom. The van der Waals surface area contributed by atoms with Gasteiger partial charge in [0.2, 0.25) is 0 Å². The first-order valence-electron chi connectivity index (χ1n) is 5.28. The summed E-state index contributed by atoms with van der Waals surface area (Å²) in [5, 5.41) is 8.34. The first-order valence-corrected chi connectivity index (χ1v) is 5.28. The zero-order valence-electron chi connectivity index (χ0n) is 10.1. The van der Waals surface area contributed by atoms with Gasteiger partial charge in [0.25, 0.3) is 0 Å². The predicted octanol–water partition coefficient (Wildman–Crippen LogP) is 1.14. The fraction of sp³-hybridized carbons (Fsp3) is 0.545. The van der Waals surface area contributed by atoms with Crippen LogP contribution in [0.1, 0.15) is 33.5 Å². The third-order valence-corrected chi connectivity index (χ3v) is 3.38. The van der Waals surface area contributed by atoms with Crippen molar-refractivity contribution >= 4 is 5.65 Å². The molecule has 0 saturated carbocycles. The SMILES string of the molecule is CC(C)(N)C(C)(C)c1nnc2ccncn12. The molecule has 0 bridgehead atoms. The van der Waals surface area contributed by atoms with Gasteiger partial charge in [0.1, 0.15) is 12.2 Å². The molecule has 86 valence electrons. The third kappa shape index (κ3) is 1.48. The van der Waals surface area contributed by atoms with Gasteiger partial charge < -0.3 is 5.73 Å². The van der Waals surface area contributed by atoms with Gasteiger partial charge in [-0.25, -0.2) is 4.98 Å². The summed E-state index contributed by atoms with van der Waals surface area (Å²) in [6.07, 6.45) is 3.42. The van der Waals surface area contributed by atoms with Crippen LogP contribution >= 0.6 is 0 Å². The monoisotopic (exact) mass is 219 g/mol. The molecule has 0 unspecified atom stereocenters. The summed E-state index contributed by atoms with van der Waals surface area (Å²) in [6, 6.07) is 1.83. The molecule has 2 aromatic rings. The van der Waals surface area contributed by atoms with Crippen LogP contribution in [-0.2, 0) is 5.41 Å². The van der Waals surface area contributed by atoms with E-state index in [1.54, 1.807) is 12.5 Å². The summed E-state index contributed by atoms with van der Waals surface area (Å²) in [4.78, 5) is 4.08. The number of rotatable bonds is 2. The predicted molar refractivity (Wildman–Crippen MR) is 62.1 cm³/mol. The molecule has 5 nitrogen and oxygen atoms in total. The molecule has 0 amide bonds. The van der Waals surface area contributed by atoms with E-state index < -0.39 is 0 Å². The van der Waals surface area contributed by atoms with Crippen molar-refractivity contribution in [2.75, 3.05) is 0 Å². The second-order valence-electron chi connectivity index (χ2n) is 5.18. The van der Waals surface area contributed by atoms with Gasteiger partial charge in [-0.05, 0) is 13.8 Å². The van der Waals surface area contributed by atoms with Crippen LogP contribution < -0.4 is 5.73 Å². The first kappa shape index (κ1) is 11.0. The largest absolute Gasteiger partial charge is 0.325 e. The number of hydrogen-bond acceptors (Lipinski definition) is 4. The van der Waals surface area contributed by atoms with Gasteiger partial charge in [-0.3, -0.25) is 4.40 Å². The van der Waals surface area contributed by atoms with Crippen LogP contribution in [0.4, 0.5) is 0 Å². The average Bonchev–Trinajstić information content (AvgIpc) is 2.59. The summed E-state index contributed by atoms with van der Waals surface area (Å²) >= 11 is 0. The smallest absolute Gasteiger partial charge is 0.163 e. The van der Waals surface area contributed by atoms with Gasteiger partial charge in [-0.1, -0.05) is 13.8 Å².